The lowest BCUT2D eigenvalue weighted by Crippen LogP contribution is -2.42. The van der Waals surface area contributed by atoms with Crippen LogP contribution in [0.15, 0.2) is 0 Å². The Morgan fingerprint density at radius 2 is 1.77 bits per heavy atom. The SMILES string of the molecule is CC1([C@@H]2CCCCC2F)OCCO1. The first-order valence-electron chi connectivity index (χ1n) is 5.14. The predicted octanol–water partition coefficient (Wildman–Crippen LogP) is 2.28. The van der Waals surface area contributed by atoms with Gasteiger partial charge in [0.25, 0.3) is 0 Å². The average molecular weight is 188 g/mol. The summed E-state index contributed by atoms with van der Waals surface area (Å²) in [5.74, 6) is -0.691. The topological polar surface area (TPSA) is 18.5 Å². The molecule has 2 fully saturated rings. The minimum Gasteiger partial charge on any atom is -0.347 e. The van der Waals surface area contributed by atoms with Crippen LogP contribution in [0.1, 0.15) is 32.6 Å². The smallest absolute Gasteiger partial charge is 0.171 e. The van der Waals surface area contributed by atoms with Crippen molar-refractivity contribution in [1.82, 2.24) is 0 Å². The van der Waals surface area contributed by atoms with Gasteiger partial charge in [0.05, 0.1) is 13.2 Å². The van der Waals surface area contributed by atoms with Crippen molar-refractivity contribution < 1.29 is 13.9 Å². The number of alkyl halides is 1. The van der Waals surface area contributed by atoms with Crippen LogP contribution in [0.2, 0.25) is 0 Å². The highest BCUT2D eigenvalue weighted by Gasteiger charge is 2.45. The van der Waals surface area contributed by atoms with E-state index in [2.05, 4.69) is 0 Å². The molecule has 1 saturated carbocycles. The zero-order chi connectivity index (χ0) is 9.31. The van der Waals surface area contributed by atoms with Crippen molar-refractivity contribution in [2.75, 3.05) is 13.2 Å². The van der Waals surface area contributed by atoms with Gasteiger partial charge in [-0.25, -0.2) is 4.39 Å². The molecule has 1 saturated heterocycles. The fourth-order valence-corrected chi connectivity index (χ4v) is 2.42. The highest BCUT2D eigenvalue weighted by Crippen LogP contribution is 2.39. The maximum atomic E-state index is 13.6. The first-order valence-corrected chi connectivity index (χ1v) is 5.14. The van der Waals surface area contributed by atoms with E-state index in [1.165, 1.54) is 0 Å². The van der Waals surface area contributed by atoms with Crippen molar-refractivity contribution >= 4 is 0 Å². The molecule has 2 nitrogen and oxygen atoms in total. The number of hydrogen-bond acceptors (Lipinski definition) is 2. The Morgan fingerprint density at radius 1 is 1.15 bits per heavy atom. The monoisotopic (exact) mass is 188 g/mol. The second kappa shape index (κ2) is 3.54. The van der Waals surface area contributed by atoms with Crippen molar-refractivity contribution in [3.63, 3.8) is 0 Å². The van der Waals surface area contributed by atoms with E-state index < -0.39 is 12.0 Å². The first kappa shape index (κ1) is 9.41. The van der Waals surface area contributed by atoms with E-state index in [4.69, 9.17) is 9.47 Å². The minimum absolute atomic E-state index is 0.0521. The summed E-state index contributed by atoms with van der Waals surface area (Å²) >= 11 is 0. The molecule has 0 aromatic heterocycles. The van der Waals surface area contributed by atoms with Gasteiger partial charge in [-0.2, -0.15) is 0 Å². The van der Waals surface area contributed by atoms with Gasteiger partial charge < -0.3 is 9.47 Å². The Kier molecular flexibility index (Phi) is 2.56. The summed E-state index contributed by atoms with van der Waals surface area (Å²) in [5.41, 5.74) is 0. The molecule has 1 heterocycles. The highest BCUT2D eigenvalue weighted by atomic mass is 19.1. The third-order valence-electron chi connectivity index (χ3n) is 3.22. The van der Waals surface area contributed by atoms with Crippen molar-refractivity contribution in [2.24, 2.45) is 5.92 Å². The van der Waals surface area contributed by atoms with Gasteiger partial charge in [0.1, 0.15) is 6.17 Å². The molecule has 2 rings (SSSR count). The van der Waals surface area contributed by atoms with Gasteiger partial charge in [-0.05, 0) is 19.8 Å². The summed E-state index contributed by atoms with van der Waals surface area (Å²) < 4.78 is 24.6. The molecule has 0 aromatic rings. The molecule has 0 radical (unpaired) electrons. The Hall–Kier alpha value is -0.150. The molecule has 2 atom stereocenters. The lowest BCUT2D eigenvalue weighted by molar-refractivity contribution is -0.202. The molecule has 13 heavy (non-hydrogen) atoms. The van der Waals surface area contributed by atoms with E-state index in [-0.39, 0.29) is 5.92 Å². The Labute approximate surface area is 78.4 Å². The van der Waals surface area contributed by atoms with Gasteiger partial charge in [-0.1, -0.05) is 12.8 Å². The van der Waals surface area contributed by atoms with Gasteiger partial charge >= 0.3 is 0 Å². The standard InChI is InChI=1S/C10H17FO2/c1-10(12-6-7-13-10)8-4-2-3-5-9(8)11/h8-9H,2-7H2,1H3/t8-,9?/m1/s1. The second-order valence-electron chi connectivity index (χ2n) is 4.12. The van der Waals surface area contributed by atoms with Crippen LogP contribution in [0.5, 0.6) is 0 Å². The Bertz CT molecular complexity index is 178. The van der Waals surface area contributed by atoms with Crippen LogP contribution >= 0.6 is 0 Å². The largest absolute Gasteiger partial charge is 0.347 e. The molecular weight excluding hydrogens is 171 g/mol. The van der Waals surface area contributed by atoms with Crippen LogP contribution < -0.4 is 0 Å². The third kappa shape index (κ3) is 1.72. The Balaban J connectivity index is 2.04. The summed E-state index contributed by atoms with van der Waals surface area (Å²) in [5, 5.41) is 0. The predicted molar refractivity (Wildman–Crippen MR) is 47.2 cm³/mol. The van der Waals surface area contributed by atoms with Crippen LogP contribution in [0.3, 0.4) is 0 Å². The van der Waals surface area contributed by atoms with Crippen molar-refractivity contribution in [2.45, 2.75) is 44.6 Å². The molecule has 1 aliphatic carbocycles. The normalized spacial score (nSPS) is 39.2. The molecule has 2 aliphatic rings. The van der Waals surface area contributed by atoms with Gasteiger partial charge in [0.2, 0.25) is 0 Å². The molecule has 0 bridgehead atoms. The van der Waals surface area contributed by atoms with E-state index in [1.54, 1.807) is 0 Å². The van der Waals surface area contributed by atoms with Crippen LogP contribution in [0.25, 0.3) is 0 Å². The van der Waals surface area contributed by atoms with Crippen molar-refractivity contribution in [3.8, 4) is 0 Å². The fourth-order valence-electron chi connectivity index (χ4n) is 2.42. The number of halogens is 1. The lowest BCUT2D eigenvalue weighted by Gasteiger charge is -2.36. The minimum atomic E-state index is -0.739. The van der Waals surface area contributed by atoms with E-state index in [0.717, 1.165) is 19.3 Å². The molecule has 0 aromatic carbocycles. The maximum absolute atomic E-state index is 13.6. The van der Waals surface area contributed by atoms with Gasteiger partial charge in [-0.3, -0.25) is 0 Å². The summed E-state index contributed by atoms with van der Waals surface area (Å²) in [6.07, 6.45) is 2.95. The van der Waals surface area contributed by atoms with Crippen LogP contribution in [-0.4, -0.2) is 25.2 Å². The van der Waals surface area contributed by atoms with E-state index in [0.29, 0.717) is 19.6 Å². The summed E-state index contributed by atoms with van der Waals surface area (Å²) in [4.78, 5) is 0. The van der Waals surface area contributed by atoms with Crippen LogP contribution in [-0.2, 0) is 9.47 Å². The number of ether oxygens (including phenoxy) is 2. The van der Waals surface area contributed by atoms with E-state index in [1.807, 2.05) is 6.92 Å². The van der Waals surface area contributed by atoms with E-state index in [9.17, 15) is 4.39 Å². The third-order valence-corrected chi connectivity index (χ3v) is 3.22. The summed E-state index contributed by atoms with van der Waals surface area (Å²) in [6, 6.07) is 0. The molecule has 76 valence electrons. The van der Waals surface area contributed by atoms with Crippen LogP contribution in [0.4, 0.5) is 4.39 Å². The molecule has 1 aliphatic heterocycles. The second-order valence-corrected chi connectivity index (χ2v) is 4.12. The fraction of sp³-hybridized carbons (Fsp3) is 1.00. The van der Waals surface area contributed by atoms with Gasteiger partial charge in [0.15, 0.2) is 5.79 Å². The molecule has 0 amide bonds. The zero-order valence-electron chi connectivity index (χ0n) is 8.09. The number of rotatable bonds is 1. The van der Waals surface area contributed by atoms with Gasteiger partial charge in [-0.15, -0.1) is 0 Å². The molecular formula is C10H17FO2. The average Bonchev–Trinajstić information content (AvgIpc) is 2.54. The highest BCUT2D eigenvalue weighted by molar-refractivity contribution is 4.86. The molecule has 1 unspecified atom stereocenters. The summed E-state index contributed by atoms with van der Waals surface area (Å²) in [7, 11) is 0. The quantitative estimate of drug-likeness (QED) is 0.628. The Morgan fingerprint density at radius 3 is 2.38 bits per heavy atom. The maximum Gasteiger partial charge on any atom is 0.171 e. The van der Waals surface area contributed by atoms with Crippen LogP contribution in [0, 0.1) is 5.92 Å². The molecule has 0 N–H and O–H groups in total. The van der Waals surface area contributed by atoms with E-state index >= 15 is 0 Å². The summed E-state index contributed by atoms with van der Waals surface area (Å²) in [6.45, 7) is 3.10. The first-order chi connectivity index (χ1) is 6.22. The van der Waals surface area contributed by atoms with Crippen molar-refractivity contribution in [3.05, 3.63) is 0 Å². The van der Waals surface area contributed by atoms with Gasteiger partial charge in [0, 0.05) is 5.92 Å². The number of hydrogen-bond donors (Lipinski definition) is 0. The zero-order valence-corrected chi connectivity index (χ0v) is 8.09. The lowest BCUT2D eigenvalue weighted by atomic mass is 9.82. The molecule has 0 spiro atoms. The molecule has 3 heteroatoms. The van der Waals surface area contributed by atoms with Crippen molar-refractivity contribution in [1.29, 1.82) is 0 Å².